The van der Waals surface area contributed by atoms with Crippen molar-refractivity contribution in [2.75, 3.05) is 84.4 Å². The molecule has 0 bridgehead atoms. The number of amides is 4. The van der Waals surface area contributed by atoms with Crippen LogP contribution in [0.3, 0.4) is 0 Å². The fraction of sp³-hybridized carbons (Fsp3) is 0.522. The van der Waals surface area contributed by atoms with E-state index in [1.807, 2.05) is 55.7 Å². The van der Waals surface area contributed by atoms with Gasteiger partial charge in [0.25, 0.3) is 0 Å². The van der Waals surface area contributed by atoms with Gasteiger partial charge in [-0.2, -0.15) is 13.2 Å². The Hall–Kier alpha value is -5.57. The van der Waals surface area contributed by atoms with E-state index in [1.165, 1.54) is 4.90 Å². The molecule has 0 radical (unpaired) electrons. The SMILES string of the molecule is CC(C)(C)[C@H](c1cc(-c2cc(F)ccc2F)cn1Cc1ccccc1)N(CC[C@H](N)C(=O)N[C@H](CNC(=O)CCOCCOCCOCCOCCNC(=O)CBr)C(=O)O)C(=O)CO.O=C(O)C(F)(F)F. The lowest BCUT2D eigenvalue weighted by molar-refractivity contribution is -0.192. The Kier molecular flexibility index (Phi) is 27.5. The molecule has 0 spiro atoms. The molecule has 396 valence electrons. The molecule has 2 aromatic carbocycles. The number of hydrogen-bond donors (Lipinski definition) is 7. The summed E-state index contributed by atoms with van der Waals surface area (Å²) in [5.74, 6) is -7.62. The van der Waals surface area contributed by atoms with Crippen LogP contribution in [-0.4, -0.2) is 163 Å². The first-order valence-electron chi connectivity index (χ1n) is 22.1. The number of carbonyl (C=O) groups is 6. The van der Waals surface area contributed by atoms with E-state index >= 15 is 4.39 Å². The molecule has 1 heterocycles. The zero-order chi connectivity index (χ0) is 53.1. The molecular weight excluding hydrogens is 1020 g/mol. The van der Waals surface area contributed by atoms with Gasteiger partial charge in [0, 0.05) is 55.6 Å². The molecular formula is C46H62BrF5N6O13. The van der Waals surface area contributed by atoms with Gasteiger partial charge in [-0.25, -0.2) is 18.4 Å². The molecule has 0 saturated heterocycles. The number of hydrogen-bond acceptors (Lipinski definition) is 12. The van der Waals surface area contributed by atoms with Crippen molar-refractivity contribution in [3.8, 4) is 11.1 Å². The molecule has 0 aliphatic heterocycles. The third-order valence-electron chi connectivity index (χ3n) is 9.89. The molecule has 3 atom stereocenters. The number of aliphatic hydroxyl groups excluding tert-OH is 1. The number of carboxylic acid groups (broad SMARTS) is 2. The van der Waals surface area contributed by atoms with Crippen LogP contribution in [0.25, 0.3) is 11.1 Å². The van der Waals surface area contributed by atoms with Crippen molar-refractivity contribution in [3.05, 3.63) is 83.7 Å². The number of carboxylic acids is 2. The first-order valence-corrected chi connectivity index (χ1v) is 23.2. The number of halogens is 6. The fourth-order valence-electron chi connectivity index (χ4n) is 6.53. The Balaban J connectivity index is 0.00000229. The van der Waals surface area contributed by atoms with Gasteiger partial charge in [0.15, 0.2) is 0 Å². The predicted octanol–water partition coefficient (Wildman–Crippen LogP) is 3.39. The summed E-state index contributed by atoms with van der Waals surface area (Å²) in [6, 6.07) is 10.6. The van der Waals surface area contributed by atoms with E-state index in [4.69, 9.17) is 34.6 Å². The van der Waals surface area contributed by atoms with E-state index in [2.05, 4.69) is 31.9 Å². The average molecular weight is 1080 g/mol. The standard InChI is InChI=1S/C44H61BrF2N6O11.C2HF3O2/c1-44(2,3)41(37-23-31(33-24-32(46)9-10-34(33)47)28-52(37)27-30-7-5-4-6-8-30)53(40(57)29-54)14-11-35(48)42(58)51-36(43(59)60)26-50-38(55)12-15-61-17-19-63-21-22-64-20-18-62-16-13-49-39(56)25-45;3-2(4,5)1(6)7/h4-10,23-24,28,35-36,41,54H,11-22,25-27,29,48H2,1-3H3,(H,49,56)(H,50,55)(H,51,58)(H,59,60);(H,6,7)/t35-,36+,41-;/m0./s1. The molecule has 1 aromatic heterocycles. The number of benzene rings is 2. The van der Waals surface area contributed by atoms with Crippen LogP contribution < -0.4 is 21.7 Å². The Labute approximate surface area is 415 Å². The number of carbonyl (C=O) groups excluding carboxylic acids is 4. The number of aliphatic hydroxyl groups is 1. The van der Waals surface area contributed by atoms with Crippen LogP contribution in [0.1, 0.15) is 50.9 Å². The van der Waals surface area contributed by atoms with Crippen molar-refractivity contribution in [1.29, 1.82) is 0 Å². The average Bonchev–Trinajstić information content (AvgIpc) is 3.71. The lowest BCUT2D eigenvalue weighted by Crippen LogP contribution is -2.53. The topological polar surface area (TPSA) is 270 Å². The van der Waals surface area contributed by atoms with Gasteiger partial charge in [0.2, 0.25) is 23.6 Å². The van der Waals surface area contributed by atoms with Crippen LogP contribution in [-0.2, 0) is 54.3 Å². The lowest BCUT2D eigenvalue weighted by Gasteiger charge is -2.41. The van der Waals surface area contributed by atoms with E-state index < -0.39 is 84.2 Å². The zero-order valence-electron chi connectivity index (χ0n) is 39.5. The molecule has 4 amide bonds. The van der Waals surface area contributed by atoms with E-state index in [-0.39, 0.29) is 56.0 Å². The minimum absolute atomic E-state index is 0.0165. The Morgan fingerprint density at radius 1 is 0.817 bits per heavy atom. The minimum atomic E-state index is -5.08. The fourth-order valence-corrected chi connectivity index (χ4v) is 6.73. The summed E-state index contributed by atoms with van der Waals surface area (Å²) < 4.78 is 84.6. The molecule has 19 nitrogen and oxygen atoms in total. The molecule has 71 heavy (non-hydrogen) atoms. The van der Waals surface area contributed by atoms with Gasteiger partial charge < -0.3 is 65.4 Å². The third-order valence-corrected chi connectivity index (χ3v) is 10.4. The van der Waals surface area contributed by atoms with E-state index in [0.29, 0.717) is 57.4 Å². The summed E-state index contributed by atoms with van der Waals surface area (Å²) in [6.07, 6.45) is -3.65. The van der Waals surface area contributed by atoms with Gasteiger partial charge in [-0.3, -0.25) is 19.2 Å². The summed E-state index contributed by atoms with van der Waals surface area (Å²) in [7, 11) is 0. The number of nitrogens with zero attached hydrogens (tertiary/aromatic N) is 2. The van der Waals surface area contributed by atoms with Crippen LogP contribution in [0.4, 0.5) is 22.0 Å². The number of nitrogens with one attached hydrogen (secondary N) is 3. The van der Waals surface area contributed by atoms with Gasteiger partial charge in [0.05, 0.1) is 70.3 Å². The second-order valence-electron chi connectivity index (χ2n) is 16.5. The summed E-state index contributed by atoms with van der Waals surface area (Å²) in [5.41, 5.74) is 7.34. The minimum Gasteiger partial charge on any atom is -0.480 e. The van der Waals surface area contributed by atoms with E-state index in [9.17, 15) is 51.7 Å². The highest BCUT2D eigenvalue weighted by Gasteiger charge is 2.39. The van der Waals surface area contributed by atoms with Crippen LogP contribution in [0.5, 0.6) is 0 Å². The van der Waals surface area contributed by atoms with E-state index in [1.54, 1.807) is 12.3 Å². The van der Waals surface area contributed by atoms with Crippen LogP contribution in [0.2, 0.25) is 0 Å². The number of nitrogens with two attached hydrogens (primary N) is 1. The molecule has 0 fully saturated rings. The van der Waals surface area contributed by atoms with Crippen molar-refractivity contribution >= 4 is 51.5 Å². The molecule has 3 aromatic rings. The predicted molar refractivity (Wildman–Crippen MR) is 250 cm³/mol. The highest BCUT2D eigenvalue weighted by atomic mass is 79.9. The molecule has 0 saturated carbocycles. The quantitative estimate of drug-likeness (QED) is 0.0287. The number of ether oxygens (including phenoxy) is 4. The first kappa shape index (κ1) is 61.5. The van der Waals surface area contributed by atoms with Gasteiger partial charge in [-0.15, -0.1) is 0 Å². The van der Waals surface area contributed by atoms with Crippen molar-refractivity contribution in [2.24, 2.45) is 11.1 Å². The zero-order valence-corrected chi connectivity index (χ0v) is 41.1. The van der Waals surface area contributed by atoms with Crippen LogP contribution >= 0.6 is 15.9 Å². The Morgan fingerprint density at radius 3 is 1.93 bits per heavy atom. The largest absolute Gasteiger partial charge is 0.490 e. The smallest absolute Gasteiger partial charge is 0.480 e. The summed E-state index contributed by atoms with van der Waals surface area (Å²) in [4.78, 5) is 72.6. The van der Waals surface area contributed by atoms with Crippen LogP contribution in [0.15, 0.2) is 60.8 Å². The van der Waals surface area contributed by atoms with Crippen LogP contribution in [0, 0.1) is 17.0 Å². The highest BCUT2D eigenvalue weighted by Crippen LogP contribution is 2.41. The Morgan fingerprint density at radius 2 is 1.39 bits per heavy atom. The summed E-state index contributed by atoms with van der Waals surface area (Å²) in [5, 5.41) is 34.8. The monoisotopic (exact) mass is 1080 g/mol. The molecule has 3 rings (SSSR count). The van der Waals surface area contributed by atoms with Crippen molar-refractivity contribution in [2.45, 2.75) is 64.5 Å². The first-order chi connectivity index (χ1) is 33.5. The molecule has 0 aliphatic carbocycles. The van der Waals surface area contributed by atoms with E-state index in [0.717, 1.165) is 23.8 Å². The number of aliphatic carboxylic acids is 2. The third kappa shape index (κ3) is 23.5. The summed E-state index contributed by atoms with van der Waals surface area (Å²) >= 11 is 3.06. The molecule has 8 N–H and O–H groups in total. The maximum absolute atomic E-state index is 15.1. The van der Waals surface area contributed by atoms with Crippen molar-refractivity contribution < 1.29 is 85.0 Å². The van der Waals surface area contributed by atoms with Crippen molar-refractivity contribution in [1.82, 2.24) is 25.4 Å². The highest BCUT2D eigenvalue weighted by molar-refractivity contribution is 9.09. The molecule has 25 heteroatoms. The second-order valence-corrected chi connectivity index (χ2v) is 17.1. The normalized spacial score (nSPS) is 12.7. The van der Waals surface area contributed by atoms with Gasteiger partial charge in [-0.1, -0.05) is 67.0 Å². The number of aromatic nitrogens is 1. The number of alkyl halides is 4. The molecule has 0 unspecified atom stereocenters. The summed E-state index contributed by atoms with van der Waals surface area (Å²) in [6.45, 7) is 7.12. The maximum atomic E-state index is 15.1. The maximum Gasteiger partial charge on any atom is 0.490 e. The lowest BCUT2D eigenvalue weighted by atomic mass is 9.82. The second kappa shape index (κ2) is 31.7. The van der Waals surface area contributed by atoms with Gasteiger partial charge in [0.1, 0.15) is 24.3 Å². The van der Waals surface area contributed by atoms with Gasteiger partial charge in [-0.05, 0) is 41.7 Å². The van der Waals surface area contributed by atoms with Gasteiger partial charge >= 0.3 is 18.1 Å². The van der Waals surface area contributed by atoms with Crippen molar-refractivity contribution in [3.63, 3.8) is 0 Å². The number of rotatable bonds is 30. The molecule has 0 aliphatic rings. The Bertz CT molecular complexity index is 2150.